The number of hydrogen-bond acceptors (Lipinski definition) is 4. The molecule has 4 nitrogen and oxygen atoms in total. The minimum atomic E-state index is -0.339. The Bertz CT molecular complexity index is 476. The van der Waals surface area contributed by atoms with Crippen LogP contribution in [0.2, 0.25) is 0 Å². The minimum Gasteiger partial charge on any atom is -0.347 e. The fraction of sp³-hybridized carbons (Fsp3) is 0.333. The molecule has 90 valence electrons. The number of nitrogens with zero attached hydrogens (tertiary/aromatic N) is 2. The standard InChI is InChI=1S/C12H13BrN2O2/c1-14-9-5-3-4-8(10(17)6-13)12(9)15(2)11(14)7-16/h3-5,7,11H,6H2,1-2H3. The summed E-state index contributed by atoms with van der Waals surface area (Å²) in [5, 5.41) is 0.284. The number of carbonyl (C=O) groups excluding carboxylic acids is 2. The number of fused-ring (bicyclic) bond motifs is 1. The molecule has 0 aliphatic carbocycles. The van der Waals surface area contributed by atoms with Gasteiger partial charge in [-0.3, -0.25) is 9.59 Å². The molecule has 0 spiro atoms. The Balaban J connectivity index is 2.58. The van der Waals surface area contributed by atoms with Gasteiger partial charge in [0.1, 0.15) is 0 Å². The van der Waals surface area contributed by atoms with E-state index in [4.69, 9.17) is 0 Å². The quantitative estimate of drug-likeness (QED) is 0.483. The van der Waals surface area contributed by atoms with Crippen molar-refractivity contribution >= 4 is 39.4 Å². The summed E-state index contributed by atoms with van der Waals surface area (Å²) in [4.78, 5) is 26.6. The number of aldehydes is 1. The number of ketones is 1. The number of hydrogen-bond donors (Lipinski definition) is 0. The molecule has 5 heteroatoms. The third kappa shape index (κ3) is 1.74. The van der Waals surface area contributed by atoms with E-state index in [0.29, 0.717) is 5.56 Å². The molecule has 0 N–H and O–H groups in total. The topological polar surface area (TPSA) is 40.6 Å². The van der Waals surface area contributed by atoms with Crippen LogP contribution in [0.1, 0.15) is 10.4 Å². The van der Waals surface area contributed by atoms with Gasteiger partial charge in [0.05, 0.1) is 16.7 Å². The highest BCUT2D eigenvalue weighted by atomic mass is 79.9. The van der Waals surface area contributed by atoms with E-state index in [-0.39, 0.29) is 17.3 Å². The van der Waals surface area contributed by atoms with Gasteiger partial charge in [-0.1, -0.05) is 22.0 Å². The molecule has 0 fully saturated rings. The summed E-state index contributed by atoms with van der Waals surface area (Å²) in [5.41, 5.74) is 2.39. The van der Waals surface area contributed by atoms with Gasteiger partial charge in [0.2, 0.25) is 0 Å². The fourth-order valence-electron chi connectivity index (χ4n) is 2.20. The molecule has 1 aromatic rings. The van der Waals surface area contributed by atoms with Crippen LogP contribution in [0.4, 0.5) is 11.4 Å². The zero-order valence-electron chi connectivity index (χ0n) is 9.68. The third-order valence-electron chi connectivity index (χ3n) is 3.08. The van der Waals surface area contributed by atoms with Crippen LogP contribution in [0.3, 0.4) is 0 Å². The summed E-state index contributed by atoms with van der Waals surface area (Å²) < 4.78 is 0. The molecule has 1 unspecified atom stereocenters. The molecule has 0 saturated heterocycles. The van der Waals surface area contributed by atoms with Crippen molar-refractivity contribution in [3.05, 3.63) is 23.8 Å². The molecule has 1 heterocycles. The number of carbonyl (C=O) groups is 2. The molecule has 1 aliphatic heterocycles. The first kappa shape index (κ1) is 12.1. The van der Waals surface area contributed by atoms with Crippen LogP contribution in [0.5, 0.6) is 0 Å². The van der Waals surface area contributed by atoms with Gasteiger partial charge in [-0.15, -0.1) is 0 Å². The first-order valence-electron chi connectivity index (χ1n) is 5.25. The average Bonchev–Trinajstić information content (AvgIpc) is 2.60. The summed E-state index contributed by atoms with van der Waals surface area (Å²) in [7, 11) is 3.68. The molecular weight excluding hydrogens is 284 g/mol. The van der Waals surface area contributed by atoms with E-state index in [9.17, 15) is 9.59 Å². The zero-order valence-corrected chi connectivity index (χ0v) is 11.3. The maximum Gasteiger partial charge on any atom is 0.175 e. The van der Waals surface area contributed by atoms with E-state index in [0.717, 1.165) is 17.7 Å². The maximum atomic E-state index is 11.8. The predicted molar refractivity (Wildman–Crippen MR) is 71.2 cm³/mol. The lowest BCUT2D eigenvalue weighted by Gasteiger charge is -2.22. The lowest BCUT2D eigenvalue weighted by atomic mass is 10.1. The molecule has 1 aromatic carbocycles. The summed E-state index contributed by atoms with van der Waals surface area (Å²) >= 11 is 3.18. The van der Waals surface area contributed by atoms with Gasteiger partial charge < -0.3 is 9.80 Å². The molecule has 0 aromatic heterocycles. The number of Topliss-reactive ketones (excluding diaryl/α,β-unsaturated/α-hetero) is 1. The Morgan fingerprint density at radius 1 is 1.41 bits per heavy atom. The number of rotatable bonds is 3. The number of alkyl halides is 1. The minimum absolute atomic E-state index is 0.0219. The number of para-hydroxylation sites is 1. The van der Waals surface area contributed by atoms with Crippen LogP contribution in [0, 0.1) is 0 Å². The van der Waals surface area contributed by atoms with Crippen molar-refractivity contribution in [3.8, 4) is 0 Å². The maximum absolute atomic E-state index is 11.8. The Hall–Kier alpha value is -1.36. The zero-order chi connectivity index (χ0) is 12.6. The van der Waals surface area contributed by atoms with E-state index in [2.05, 4.69) is 15.9 Å². The van der Waals surface area contributed by atoms with Crippen molar-refractivity contribution < 1.29 is 9.59 Å². The van der Waals surface area contributed by atoms with E-state index >= 15 is 0 Å². The second-order valence-corrected chi connectivity index (χ2v) is 4.56. The van der Waals surface area contributed by atoms with Crippen LogP contribution < -0.4 is 9.80 Å². The van der Waals surface area contributed by atoms with Crippen molar-refractivity contribution in [2.75, 3.05) is 29.2 Å². The van der Waals surface area contributed by atoms with Gasteiger partial charge in [-0.25, -0.2) is 0 Å². The lowest BCUT2D eigenvalue weighted by Crippen LogP contribution is -2.40. The van der Waals surface area contributed by atoms with Crippen molar-refractivity contribution in [1.82, 2.24) is 0 Å². The Labute approximate surface area is 108 Å². The Morgan fingerprint density at radius 3 is 2.71 bits per heavy atom. The molecule has 17 heavy (non-hydrogen) atoms. The van der Waals surface area contributed by atoms with Crippen molar-refractivity contribution in [2.45, 2.75) is 6.17 Å². The SMILES string of the molecule is CN1c2cccc(C(=O)CBr)c2N(C)C1C=O. The fourth-order valence-corrected chi connectivity index (χ4v) is 2.50. The lowest BCUT2D eigenvalue weighted by molar-refractivity contribution is -0.108. The first-order valence-corrected chi connectivity index (χ1v) is 6.37. The highest BCUT2D eigenvalue weighted by Crippen LogP contribution is 2.39. The van der Waals surface area contributed by atoms with Crippen LogP contribution in [-0.4, -0.2) is 37.7 Å². The molecule has 1 aliphatic rings. The highest BCUT2D eigenvalue weighted by Gasteiger charge is 2.33. The smallest absolute Gasteiger partial charge is 0.175 e. The molecule has 1 atom stereocenters. The summed E-state index contributed by atoms with van der Waals surface area (Å²) in [6.45, 7) is 0. The number of benzene rings is 1. The van der Waals surface area contributed by atoms with Gasteiger partial charge in [0.25, 0.3) is 0 Å². The van der Waals surface area contributed by atoms with Gasteiger partial charge >= 0.3 is 0 Å². The molecule has 0 amide bonds. The number of likely N-dealkylation sites (N-methyl/N-ethyl adjacent to an activating group) is 2. The van der Waals surface area contributed by atoms with Crippen molar-refractivity contribution in [1.29, 1.82) is 0 Å². The predicted octanol–water partition coefficient (Wildman–Crippen LogP) is 1.68. The van der Waals surface area contributed by atoms with Crippen LogP contribution in [0.25, 0.3) is 0 Å². The number of anilines is 2. The second kappa shape index (κ2) is 4.49. The summed E-state index contributed by atoms with van der Waals surface area (Å²) in [6, 6.07) is 5.55. The molecular formula is C12H13BrN2O2. The second-order valence-electron chi connectivity index (χ2n) is 4.00. The summed E-state index contributed by atoms with van der Waals surface area (Å²) in [5.74, 6) is 0.0219. The molecule has 0 radical (unpaired) electrons. The van der Waals surface area contributed by atoms with Gasteiger partial charge in [-0.2, -0.15) is 0 Å². The van der Waals surface area contributed by atoms with Crippen LogP contribution in [-0.2, 0) is 4.79 Å². The highest BCUT2D eigenvalue weighted by molar-refractivity contribution is 9.09. The van der Waals surface area contributed by atoms with Gasteiger partial charge in [-0.05, 0) is 12.1 Å². The van der Waals surface area contributed by atoms with Crippen molar-refractivity contribution in [2.24, 2.45) is 0 Å². The largest absolute Gasteiger partial charge is 0.347 e. The van der Waals surface area contributed by atoms with E-state index < -0.39 is 0 Å². The Kier molecular flexibility index (Phi) is 3.19. The van der Waals surface area contributed by atoms with Gasteiger partial charge in [0.15, 0.2) is 18.2 Å². The van der Waals surface area contributed by atoms with Gasteiger partial charge in [0, 0.05) is 19.7 Å². The monoisotopic (exact) mass is 296 g/mol. The number of halogens is 1. The van der Waals surface area contributed by atoms with Crippen molar-refractivity contribution in [3.63, 3.8) is 0 Å². The van der Waals surface area contributed by atoms with E-state index in [1.807, 2.05) is 36.0 Å². The average molecular weight is 297 g/mol. The summed E-state index contributed by atoms with van der Waals surface area (Å²) in [6.07, 6.45) is 0.539. The third-order valence-corrected chi connectivity index (χ3v) is 3.59. The van der Waals surface area contributed by atoms with Crippen LogP contribution in [0.15, 0.2) is 18.2 Å². The van der Waals surface area contributed by atoms with Crippen LogP contribution >= 0.6 is 15.9 Å². The molecule has 2 rings (SSSR count). The van der Waals surface area contributed by atoms with E-state index in [1.165, 1.54) is 0 Å². The normalized spacial score (nSPS) is 18.2. The molecule has 0 bridgehead atoms. The molecule has 0 saturated carbocycles. The first-order chi connectivity index (χ1) is 8.11. The van der Waals surface area contributed by atoms with E-state index in [1.54, 1.807) is 6.07 Å². The Morgan fingerprint density at radius 2 is 2.12 bits per heavy atom.